The summed E-state index contributed by atoms with van der Waals surface area (Å²) in [7, 11) is 0. The van der Waals surface area contributed by atoms with Crippen LogP contribution in [0.5, 0.6) is 0 Å². The Hall–Kier alpha value is -3.02. The molecule has 0 atom stereocenters. The van der Waals surface area contributed by atoms with Gasteiger partial charge < -0.3 is 4.74 Å². The van der Waals surface area contributed by atoms with Crippen molar-refractivity contribution in [3.8, 4) is 16.9 Å². The van der Waals surface area contributed by atoms with Gasteiger partial charge in [0.25, 0.3) is 0 Å². The predicted octanol–water partition coefficient (Wildman–Crippen LogP) is 2.72. The highest BCUT2D eigenvalue weighted by atomic mass is 16.5. The van der Waals surface area contributed by atoms with E-state index in [0.29, 0.717) is 18.7 Å². The number of benzene rings is 1. The van der Waals surface area contributed by atoms with E-state index in [0.717, 1.165) is 34.0 Å². The predicted molar refractivity (Wildman–Crippen MR) is 88.1 cm³/mol. The molecule has 0 bridgehead atoms. The Labute approximate surface area is 139 Å². The second-order valence-electron chi connectivity index (χ2n) is 5.60. The lowest BCUT2D eigenvalue weighted by atomic mass is 10.0. The van der Waals surface area contributed by atoms with E-state index in [1.165, 1.54) is 6.33 Å². The fourth-order valence-corrected chi connectivity index (χ4v) is 3.18. The monoisotopic (exact) mass is 320 g/mol. The first-order chi connectivity index (χ1) is 11.7. The summed E-state index contributed by atoms with van der Waals surface area (Å²) in [6.07, 6.45) is 3.79. The van der Waals surface area contributed by atoms with E-state index >= 15 is 0 Å². The molecule has 3 heterocycles. The molecule has 0 spiro atoms. The Morgan fingerprint density at radius 3 is 2.92 bits per heavy atom. The van der Waals surface area contributed by atoms with Gasteiger partial charge in [0.1, 0.15) is 12.2 Å². The van der Waals surface area contributed by atoms with Gasteiger partial charge in [-0.3, -0.25) is 4.57 Å². The number of aromatic nitrogens is 4. The van der Waals surface area contributed by atoms with E-state index in [-0.39, 0.29) is 0 Å². The van der Waals surface area contributed by atoms with E-state index in [9.17, 15) is 4.79 Å². The van der Waals surface area contributed by atoms with Crippen LogP contribution in [-0.2, 0) is 11.2 Å². The summed E-state index contributed by atoms with van der Waals surface area (Å²) in [6, 6.07) is 7.99. The second-order valence-corrected chi connectivity index (χ2v) is 5.60. The van der Waals surface area contributed by atoms with Crippen molar-refractivity contribution in [2.45, 2.75) is 20.3 Å². The van der Waals surface area contributed by atoms with Gasteiger partial charge in [-0.05, 0) is 19.9 Å². The zero-order chi connectivity index (χ0) is 16.7. The molecule has 0 aliphatic carbocycles. The van der Waals surface area contributed by atoms with Gasteiger partial charge in [-0.2, -0.15) is 0 Å². The standard InChI is InChI=1S/C18H16N4O2/c1-3-24-18(23)17-14-8-12-9-19-11(2)22(12)15-7-5-4-6-13(15)16(14)20-10-21-17/h4-7,9-10H,3,8H2,1-2H3. The summed E-state index contributed by atoms with van der Waals surface area (Å²) in [4.78, 5) is 25.4. The highest BCUT2D eigenvalue weighted by Crippen LogP contribution is 2.35. The van der Waals surface area contributed by atoms with E-state index in [1.54, 1.807) is 6.92 Å². The van der Waals surface area contributed by atoms with E-state index in [4.69, 9.17) is 4.74 Å². The van der Waals surface area contributed by atoms with Crippen molar-refractivity contribution in [1.82, 2.24) is 19.5 Å². The zero-order valence-electron chi connectivity index (χ0n) is 13.5. The highest BCUT2D eigenvalue weighted by Gasteiger charge is 2.26. The molecule has 0 unspecified atom stereocenters. The van der Waals surface area contributed by atoms with Crippen molar-refractivity contribution in [3.63, 3.8) is 0 Å². The Balaban J connectivity index is 2.02. The van der Waals surface area contributed by atoms with Crippen LogP contribution in [0.3, 0.4) is 0 Å². The topological polar surface area (TPSA) is 69.9 Å². The number of carbonyl (C=O) groups is 1. The van der Waals surface area contributed by atoms with Crippen LogP contribution in [0.2, 0.25) is 0 Å². The average molecular weight is 320 g/mol. The first-order valence-electron chi connectivity index (χ1n) is 7.84. The van der Waals surface area contributed by atoms with Crippen molar-refractivity contribution in [2.24, 2.45) is 0 Å². The van der Waals surface area contributed by atoms with Gasteiger partial charge in [-0.25, -0.2) is 19.7 Å². The van der Waals surface area contributed by atoms with Crippen molar-refractivity contribution in [3.05, 3.63) is 59.6 Å². The Bertz CT molecular complexity index is 946. The van der Waals surface area contributed by atoms with Crippen LogP contribution in [0.1, 0.15) is 34.5 Å². The normalized spacial score (nSPS) is 11.9. The summed E-state index contributed by atoms with van der Waals surface area (Å²) in [6.45, 7) is 4.06. The van der Waals surface area contributed by atoms with Crippen LogP contribution in [0.25, 0.3) is 16.9 Å². The minimum absolute atomic E-state index is 0.311. The molecule has 0 saturated carbocycles. The molecule has 120 valence electrons. The lowest BCUT2D eigenvalue weighted by Gasteiger charge is -2.11. The fraction of sp³-hybridized carbons (Fsp3) is 0.222. The average Bonchev–Trinajstić information content (AvgIpc) is 2.88. The Kier molecular flexibility index (Phi) is 3.37. The third-order valence-electron chi connectivity index (χ3n) is 4.18. The number of aryl methyl sites for hydroxylation is 1. The van der Waals surface area contributed by atoms with Gasteiger partial charge in [0.2, 0.25) is 0 Å². The molecule has 2 aromatic heterocycles. The molecule has 0 fully saturated rings. The van der Waals surface area contributed by atoms with E-state index in [1.807, 2.05) is 37.4 Å². The van der Waals surface area contributed by atoms with Gasteiger partial charge in [-0.15, -0.1) is 0 Å². The molecule has 0 radical (unpaired) electrons. The van der Waals surface area contributed by atoms with Crippen LogP contribution < -0.4 is 0 Å². The number of hydrogen-bond acceptors (Lipinski definition) is 5. The quantitative estimate of drug-likeness (QED) is 0.531. The fourth-order valence-electron chi connectivity index (χ4n) is 3.18. The summed E-state index contributed by atoms with van der Waals surface area (Å²) in [5, 5.41) is 0. The minimum Gasteiger partial charge on any atom is -0.461 e. The minimum atomic E-state index is -0.418. The van der Waals surface area contributed by atoms with Gasteiger partial charge in [-0.1, -0.05) is 18.2 Å². The molecule has 24 heavy (non-hydrogen) atoms. The number of ether oxygens (including phenoxy) is 1. The molecule has 6 heteroatoms. The molecule has 6 nitrogen and oxygen atoms in total. The molecule has 1 aromatic carbocycles. The molecule has 0 amide bonds. The van der Waals surface area contributed by atoms with Crippen LogP contribution in [0.4, 0.5) is 0 Å². The largest absolute Gasteiger partial charge is 0.461 e. The van der Waals surface area contributed by atoms with Gasteiger partial charge >= 0.3 is 5.97 Å². The second kappa shape index (κ2) is 5.56. The summed E-state index contributed by atoms with van der Waals surface area (Å²) < 4.78 is 7.27. The highest BCUT2D eigenvalue weighted by molar-refractivity contribution is 5.92. The lowest BCUT2D eigenvalue weighted by Crippen LogP contribution is -2.12. The molecule has 3 aromatic rings. The number of imidazole rings is 1. The number of para-hydroxylation sites is 1. The number of esters is 1. The molecule has 0 N–H and O–H groups in total. The smallest absolute Gasteiger partial charge is 0.357 e. The Morgan fingerprint density at radius 1 is 1.25 bits per heavy atom. The van der Waals surface area contributed by atoms with Gasteiger partial charge in [0, 0.05) is 29.4 Å². The van der Waals surface area contributed by atoms with E-state index in [2.05, 4.69) is 19.5 Å². The number of carbonyl (C=O) groups excluding carboxylic acids is 1. The van der Waals surface area contributed by atoms with Gasteiger partial charge in [0.15, 0.2) is 5.69 Å². The maximum Gasteiger partial charge on any atom is 0.357 e. The van der Waals surface area contributed by atoms with E-state index < -0.39 is 5.97 Å². The molecule has 1 aliphatic rings. The maximum absolute atomic E-state index is 12.3. The Morgan fingerprint density at radius 2 is 2.08 bits per heavy atom. The summed E-state index contributed by atoms with van der Waals surface area (Å²) in [5.74, 6) is 0.481. The number of hydrogen-bond donors (Lipinski definition) is 0. The number of rotatable bonds is 2. The van der Waals surface area contributed by atoms with Crippen molar-refractivity contribution < 1.29 is 9.53 Å². The zero-order valence-corrected chi connectivity index (χ0v) is 13.5. The molecular formula is C18H16N4O2. The number of nitrogens with zero attached hydrogens (tertiary/aromatic N) is 4. The van der Waals surface area contributed by atoms with Crippen LogP contribution in [-0.4, -0.2) is 32.1 Å². The first kappa shape index (κ1) is 14.6. The SMILES string of the molecule is CCOC(=O)c1ncnc2c1Cc1cnc(C)n1-c1ccccc1-2. The third-order valence-corrected chi connectivity index (χ3v) is 4.18. The molecule has 1 aliphatic heterocycles. The third kappa shape index (κ3) is 2.11. The summed E-state index contributed by atoms with van der Waals surface area (Å²) >= 11 is 0. The van der Waals surface area contributed by atoms with Crippen molar-refractivity contribution in [1.29, 1.82) is 0 Å². The molecule has 0 saturated heterocycles. The van der Waals surface area contributed by atoms with Crippen LogP contribution in [0, 0.1) is 6.92 Å². The molecular weight excluding hydrogens is 304 g/mol. The lowest BCUT2D eigenvalue weighted by molar-refractivity contribution is 0.0518. The van der Waals surface area contributed by atoms with Crippen molar-refractivity contribution >= 4 is 5.97 Å². The maximum atomic E-state index is 12.3. The van der Waals surface area contributed by atoms with Crippen LogP contribution >= 0.6 is 0 Å². The van der Waals surface area contributed by atoms with Crippen molar-refractivity contribution in [2.75, 3.05) is 6.61 Å². The van der Waals surface area contributed by atoms with Gasteiger partial charge in [0.05, 0.1) is 18.0 Å². The summed E-state index contributed by atoms with van der Waals surface area (Å²) in [5.41, 5.74) is 4.84. The number of fused-ring (bicyclic) bond motifs is 5. The van der Waals surface area contributed by atoms with Crippen LogP contribution in [0.15, 0.2) is 36.8 Å². The molecule has 4 rings (SSSR count). The first-order valence-corrected chi connectivity index (χ1v) is 7.84.